The van der Waals surface area contributed by atoms with Gasteiger partial charge in [0.05, 0.1) is 17.8 Å². The van der Waals surface area contributed by atoms with Crippen LogP contribution >= 0.6 is 11.3 Å². The number of aromatic nitrogens is 1. The minimum absolute atomic E-state index is 0.0275. The molecule has 1 aromatic carbocycles. The summed E-state index contributed by atoms with van der Waals surface area (Å²) >= 11 is 0.932. The Balaban J connectivity index is 1.94. The van der Waals surface area contributed by atoms with Crippen LogP contribution in [0.3, 0.4) is 0 Å². The summed E-state index contributed by atoms with van der Waals surface area (Å²) in [6.07, 6.45) is 3.03. The van der Waals surface area contributed by atoms with Crippen LogP contribution < -0.4 is 10.0 Å². The highest BCUT2D eigenvalue weighted by molar-refractivity contribution is 7.91. The van der Waals surface area contributed by atoms with Crippen molar-refractivity contribution in [3.63, 3.8) is 0 Å². The van der Waals surface area contributed by atoms with Crippen molar-refractivity contribution in [1.29, 1.82) is 5.26 Å². The molecular formula is C20H24N4O3S2. The van der Waals surface area contributed by atoms with Gasteiger partial charge in [0.15, 0.2) is 4.21 Å². The van der Waals surface area contributed by atoms with E-state index in [-0.39, 0.29) is 16.0 Å². The van der Waals surface area contributed by atoms with Gasteiger partial charge in [0, 0.05) is 11.6 Å². The second kappa shape index (κ2) is 7.44. The topological polar surface area (TPSA) is 115 Å². The zero-order valence-electron chi connectivity index (χ0n) is 16.9. The first-order chi connectivity index (χ1) is 13.4. The number of nitriles is 1. The van der Waals surface area contributed by atoms with E-state index in [9.17, 15) is 18.8 Å². The average Bonchev–Trinajstić information content (AvgIpc) is 3.12. The Morgan fingerprint density at radius 1 is 1.38 bits per heavy atom. The summed E-state index contributed by atoms with van der Waals surface area (Å²) in [4.78, 5) is 4.03. The lowest BCUT2D eigenvalue weighted by Crippen LogP contribution is -2.29. The highest BCUT2D eigenvalue weighted by Crippen LogP contribution is 2.38. The summed E-state index contributed by atoms with van der Waals surface area (Å²) in [5, 5.41) is 22.9. The minimum atomic E-state index is -3.86. The van der Waals surface area contributed by atoms with Crippen LogP contribution in [0.1, 0.15) is 68.2 Å². The number of anilines is 1. The number of aliphatic hydroxyl groups is 1. The Kier molecular flexibility index (Phi) is 5.47. The molecule has 0 aliphatic carbocycles. The number of sulfonamides is 1. The van der Waals surface area contributed by atoms with Gasteiger partial charge in [-0.25, -0.2) is 13.4 Å². The number of rotatable bonds is 5. The third-order valence-electron chi connectivity index (χ3n) is 4.63. The molecule has 0 saturated heterocycles. The molecule has 2 heterocycles. The molecular weight excluding hydrogens is 408 g/mol. The zero-order valence-corrected chi connectivity index (χ0v) is 18.6. The number of hydrogen-bond acceptors (Lipinski definition) is 7. The van der Waals surface area contributed by atoms with Gasteiger partial charge in [0.25, 0.3) is 10.0 Å². The number of hydrogen-bond donors (Lipinski definition) is 3. The van der Waals surface area contributed by atoms with Crippen molar-refractivity contribution in [3.05, 3.63) is 51.9 Å². The third-order valence-corrected chi connectivity index (χ3v) is 7.77. The Labute approximate surface area is 175 Å². The fourth-order valence-electron chi connectivity index (χ4n) is 3.15. The van der Waals surface area contributed by atoms with Crippen molar-refractivity contribution < 1.29 is 13.5 Å². The molecule has 0 bridgehead atoms. The molecule has 154 valence electrons. The van der Waals surface area contributed by atoms with E-state index >= 15 is 0 Å². The molecule has 0 saturated carbocycles. The molecule has 2 aromatic rings. The van der Waals surface area contributed by atoms with Crippen LogP contribution in [0.5, 0.6) is 0 Å². The van der Waals surface area contributed by atoms with Crippen molar-refractivity contribution >= 4 is 27.0 Å². The first kappa shape index (κ1) is 21.3. The van der Waals surface area contributed by atoms with E-state index in [1.165, 1.54) is 6.20 Å². The summed E-state index contributed by atoms with van der Waals surface area (Å²) < 4.78 is 28.3. The van der Waals surface area contributed by atoms with Gasteiger partial charge in [-0.2, -0.15) is 5.26 Å². The predicted molar refractivity (Wildman–Crippen MR) is 113 cm³/mol. The van der Waals surface area contributed by atoms with Gasteiger partial charge in [0.1, 0.15) is 16.4 Å². The first-order valence-corrected chi connectivity index (χ1v) is 11.5. The van der Waals surface area contributed by atoms with E-state index in [2.05, 4.69) is 21.1 Å². The second-order valence-corrected chi connectivity index (χ2v) is 10.9. The molecule has 1 atom stereocenters. The van der Waals surface area contributed by atoms with E-state index in [1.54, 1.807) is 19.9 Å². The SMILES string of the molecule is CC(C)c1cc(C#N)cc2c1NC(NS(=O)(=O)c1cnc(C(C)(C)O)s1)=CC2C. The molecule has 3 N–H and O–H groups in total. The summed E-state index contributed by atoms with van der Waals surface area (Å²) in [7, 11) is -3.86. The van der Waals surface area contributed by atoms with Gasteiger partial charge in [0.2, 0.25) is 0 Å². The molecule has 1 unspecified atom stereocenters. The molecule has 0 fully saturated rings. The van der Waals surface area contributed by atoms with Crippen LogP contribution in [0.2, 0.25) is 0 Å². The molecule has 7 nitrogen and oxygen atoms in total. The van der Waals surface area contributed by atoms with E-state index in [0.29, 0.717) is 16.4 Å². The number of fused-ring (bicyclic) bond motifs is 1. The molecule has 0 spiro atoms. The number of allylic oxidation sites excluding steroid dienone is 1. The smallest absolute Gasteiger partial charge is 0.274 e. The van der Waals surface area contributed by atoms with Crippen molar-refractivity contribution in [2.75, 3.05) is 5.32 Å². The standard InChI is InChI=1S/C20H24N4O3S2/c1-11(2)14-7-13(9-21)8-15-12(3)6-16(23-18(14)15)24-29(26,27)17-10-22-19(28-17)20(4,5)25/h6-8,10-12,23-25H,1-5H3. The average molecular weight is 433 g/mol. The molecule has 1 aliphatic heterocycles. The van der Waals surface area contributed by atoms with E-state index in [4.69, 9.17) is 0 Å². The Hall–Kier alpha value is -2.41. The highest BCUT2D eigenvalue weighted by Gasteiger charge is 2.28. The molecule has 3 rings (SSSR count). The lowest BCUT2D eigenvalue weighted by molar-refractivity contribution is 0.0783. The number of nitrogens with one attached hydrogen (secondary N) is 2. The normalized spacial score (nSPS) is 16.6. The summed E-state index contributed by atoms with van der Waals surface area (Å²) in [6, 6.07) is 5.86. The monoisotopic (exact) mass is 432 g/mol. The Morgan fingerprint density at radius 3 is 2.62 bits per heavy atom. The third kappa shape index (κ3) is 4.29. The molecule has 1 aromatic heterocycles. The second-order valence-electron chi connectivity index (χ2n) is 7.94. The van der Waals surface area contributed by atoms with Crippen LogP contribution in [-0.2, 0) is 15.6 Å². The van der Waals surface area contributed by atoms with Crippen LogP contribution in [-0.4, -0.2) is 18.5 Å². The molecule has 1 aliphatic rings. The van der Waals surface area contributed by atoms with Crippen LogP contribution in [0.15, 0.2) is 34.4 Å². The zero-order chi connectivity index (χ0) is 21.6. The maximum atomic E-state index is 12.8. The van der Waals surface area contributed by atoms with Gasteiger partial charge in [-0.3, -0.25) is 4.72 Å². The van der Waals surface area contributed by atoms with Gasteiger partial charge >= 0.3 is 0 Å². The van der Waals surface area contributed by atoms with Crippen molar-refractivity contribution in [3.8, 4) is 6.07 Å². The molecule has 29 heavy (non-hydrogen) atoms. The quantitative estimate of drug-likeness (QED) is 0.663. The number of nitrogens with zero attached hydrogens (tertiary/aromatic N) is 2. The van der Waals surface area contributed by atoms with Crippen molar-refractivity contribution in [2.45, 2.75) is 56.3 Å². The Morgan fingerprint density at radius 2 is 2.07 bits per heavy atom. The van der Waals surface area contributed by atoms with Crippen molar-refractivity contribution in [1.82, 2.24) is 9.71 Å². The number of thiazole rings is 1. The summed E-state index contributed by atoms with van der Waals surface area (Å²) in [6.45, 7) is 9.13. The van der Waals surface area contributed by atoms with Crippen LogP contribution in [0, 0.1) is 11.3 Å². The van der Waals surface area contributed by atoms with Gasteiger partial charge in [-0.1, -0.05) is 20.8 Å². The first-order valence-electron chi connectivity index (χ1n) is 9.20. The van der Waals surface area contributed by atoms with Crippen LogP contribution in [0.4, 0.5) is 5.69 Å². The molecule has 0 amide bonds. The maximum absolute atomic E-state index is 12.8. The highest BCUT2D eigenvalue weighted by atomic mass is 32.2. The van der Waals surface area contributed by atoms with E-state index in [0.717, 1.165) is 28.2 Å². The summed E-state index contributed by atoms with van der Waals surface area (Å²) in [5.41, 5.74) is 2.12. The lowest BCUT2D eigenvalue weighted by atomic mass is 9.88. The van der Waals surface area contributed by atoms with Gasteiger partial charge in [-0.05, 0) is 49.1 Å². The van der Waals surface area contributed by atoms with Gasteiger partial charge in [-0.15, -0.1) is 11.3 Å². The maximum Gasteiger partial charge on any atom is 0.274 e. The Bertz CT molecular complexity index is 1120. The fraction of sp³-hybridized carbons (Fsp3) is 0.400. The van der Waals surface area contributed by atoms with Crippen LogP contribution in [0.25, 0.3) is 0 Å². The summed E-state index contributed by atoms with van der Waals surface area (Å²) in [5.74, 6) is 0.432. The minimum Gasteiger partial charge on any atom is -0.383 e. The van der Waals surface area contributed by atoms with E-state index < -0.39 is 15.6 Å². The van der Waals surface area contributed by atoms with Gasteiger partial charge < -0.3 is 10.4 Å². The van der Waals surface area contributed by atoms with E-state index in [1.807, 2.05) is 32.9 Å². The predicted octanol–water partition coefficient (Wildman–Crippen LogP) is 3.71. The number of benzene rings is 1. The van der Waals surface area contributed by atoms with Crippen molar-refractivity contribution in [2.24, 2.45) is 0 Å². The largest absolute Gasteiger partial charge is 0.383 e. The lowest BCUT2D eigenvalue weighted by Gasteiger charge is -2.28. The fourth-order valence-corrected chi connectivity index (χ4v) is 5.30. The molecule has 9 heteroatoms. The molecule has 0 radical (unpaired) electrons.